The van der Waals surface area contributed by atoms with E-state index < -0.39 is 16.1 Å². The van der Waals surface area contributed by atoms with Crippen LogP contribution in [0, 0.1) is 0 Å². The maximum atomic E-state index is 12.5. The zero-order valence-electron chi connectivity index (χ0n) is 14.8. The molecule has 1 unspecified atom stereocenters. The molecule has 1 aliphatic rings. The third kappa shape index (κ3) is 6.04. The molecule has 1 aromatic heterocycles. The number of amides is 2. The van der Waals surface area contributed by atoms with Crippen molar-refractivity contribution in [2.75, 3.05) is 18.8 Å². The molecule has 2 amide bonds. The first-order valence-electron chi connectivity index (χ1n) is 8.57. The molecule has 10 heteroatoms. The van der Waals surface area contributed by atoms with Crippen molar-refractivity contribution in [3.63, 3.8) is 0 Å². The maximum Gasteiger partial charge on any atom is 0.262 e. The maximum absolute atomic E-state index is 12.5. The molecule has 1 aliphatic heterocycles. The molecular weight excluding hydrogens is 442 g/mol. The van der Waals surface area contributed by atoms with E-state index in [1.54, 1.807) is 24.0 Å². The summed E-state index contributed by atoms with van der Waals surface area (Å²) in [5.41, 5.74) is 0. The standard InChI is InChI=1S/C16H24BrN3O4S2/c1-3-10-26(23,24)19-12-6-8-20(9-7-12)16(22)11(2)18-15(21)13-4-5-14(17)25-13/h4-5,11-12,19H,3,6-10H2,1-2H3,(H,18,21). The first kappa shape index (κ1) is 21.3. The van der Waals surface area contributed by atoms with Gasteiger partial charge in [-0.2, -0.15) is 0 Å². The number of likely N-dealkylation sites (tertiary alicyclic amines) is 1. The smallest absolute Gasteiger partial charge is 0.262 e. The Balaban J connectivity index is 1.82. The molecule has 0 bridgehead atoms. The number of rotatable bonds is 7. The predicted molar refractivity (Wildman–Crippen MR) is 106 cm³/mol. The molecule has 2 rings (SSSR count). The van der Waals surface area contributed by atoms with Gasteiger partial charge >= 0.3 is 0 Å². The third-order valence-electron chi connectivity index (χ3n) is 4.14. The van der Waals surface area contributed by atoms with Crippen LogP contribution in [0.3, 0.4) is 0 Å². The van der Waals surface area contributed by atoms with Gasteiger partial charge in [-0.05, 0) is 54.2 Å². The lowest BCUT2D eigenvalue weighted by Gasteiger charge is -2.33. The summed E-state index contributed by atoms with van der Waals surface area (Å²) in [4.78, 5) is 26.9. The Hall–Kier alpha value is -0.970. The highest BCUT2D eigenvalue weighted by atomic mass is 79.9. The van der Waals surface area contributed by atoms with E-state index in [0.717, 1.165) is 3.79 Å². The normalized spacial score (nSPS) is 17.1. The van der Waals surface area contributed by atoms with Crippen LogP contribution >= 0.6 is 27.3 Å². The Labute approximate surface area is 166 Å². The second-order valence-corrected chi connectivity index (χ2v) is 10.7. The highest BCUT2D eigenvalue weighted by Gasteiger charge is 2.28. The van der Waals surface area contributed by atoms with Crippen LogP contribution in [0.15, 0.2) is 15.9 Å². The molecule has 1 fully saturated rings. The van der Waals surface area contributed by atoms with Gasteiger partial charge in [0.1, 0.15) is 6.04 Å². The van der Waals surface area contributed by atoms with Gasteiger partial charge in [-0.3, -0.25) is 9.59 Å². The second kappa shape index (κ2) is 9.29. The van der Waals surface area contributed by atoms with Crippen molar-refractivity contribution in [3.8, 4) is 0 Å². The molecule has 146 valence electrons. The predicted octanol–water partition coefficient (Wildman–Crippen LogP) is 1.95. The molecule has 26 heavy (non-hydrogen) atoms. The van der Waals surface area contributed by atoms with Crippen molar-refractivity contribution in [3.05, 3.63) is 20.8 Å². The third-order valence-corrected chi connectivity index (χ3v) is 7.40. The summed E-state index contributed by atoms with van der Waals surface area (Å²) in [5, 5.41) is 2.72. The van der Waals surface area contributed by atoms with Crippen molar-refractivity contribution >= 4 is 49.1 Å². The Morgan fingerprint density at radius 1 is 1.35 bits per heavy atom. The van der Waals surface area contributed by atoms with E-state index in [4.69, 9.17) is 0 Å². The minimum Gasteiger partial charge on any atom is -0.341 e. The number of hydrogen-bond acceptors (Lipinski definition) is 5. The zero-order chi connectivity index (χ0) is 19.3. The minimum atomic E-state index is -3.24. The fraction of sp³-hybridized carbons (Fsp3) is 0.625. The number of thiophene rings is 1. The van der Waals surface area contributed by atoms with Crippen molar-refractivity contribution in [1.82, 2.24) is 14.9 Å². The molecule has 0 aromatic carbocycles. The lowest BCUT2D eigenvalue weighted by atomic mass is 10.1. The highest BCUT2D eigenvalue weighted by molar-refractivity contribution is 9.11. The van der Waals surface area contributed by atoms with Crippen molar-refractivity contribution < 1.29 is 18.0 Å². The van der Waals surface area contributed by atoms with Crippen LogP contribution in [0.5, 0.6) is 0 Å². The van der Waals surface area contributed by atoms with Gasteiger partial charge in [0.05, 0.1) is 14.4 Å². The van der Waals surface area contributed by atoms with Gasteiger partial charge in [0.15, 0.2) is 0 Å². The Morgan fingerprint density at radius 3 is 2.54 bits per heavy atom. The molecule has 1 aromatic rings. The van der Waals surface area contributed by atoms with Crippen molar-refractivity contribution in [2.24, 2.45) is 0 Å². The fourth-order valence-electron chi connectivity index (χ4n) is 2.84. The minimum absolute atomic E-state index is 0.119. The summed E-state index contributed by atoms with van der Waals surface area (Å²) in [6.07, 6.45) is 1.73. The van der Waals surface area contributed by atoms with E-state index in [2.05, 4.69) is 26.0 Å². The number of sulfonamides is 1. The van der Waals surface area contributed by atoms with Crippen molar-refractivity contribution in [2.45, 2.75) is 45.2 Å². The van der Waals surface area contributed by atoms with E-state index in [-0.39, 0.29) is 23.6 Å². The van der Waals surface area contributed by atoms with E-state index in [9.17, 15) is 18.0 Å². The number of piperidine rings is 1. The van der Waals surface area contributed by atoms with E-state index in [0.29, 0.717) is 37.2 Å². The highest BCUT2D eigenvalue weighted by Crippen LogP contribution is 2.22. The van der Waals surface area contributed by atoms with Crippen LogP contribution in [-0.2, 0) is 14.8 Å². The molecule has 0 saturated carbocycles. The van der Waals surface area contributed by atoms with Crippen molar-refractivity contribution in [1.29, 1.82) is 0 Å². The number of halogens is 1. The van der Waals surface area contributed by atoms with Gasteiger partial charge in [0.25, 0.3) is 5.91 Å². The first-order valence-corrected chi connectivity index (χ1v) is 11.8. The summed E-state index contributed by atoms with van der Waals surface area (Å²) < 4.78 is 27.2. The SMILES string of the molecule is CCCS(=O)(=O)NC1CCN(C(=O)C(C)NC(=O)c2ccc(Br)s2)CC1. The summed E-state index contributed by atoms with van der Waals surface area (Å²) >= 11 is 4.62. The van der Waals surface area contributed by atoms with Crippen LogP contribution in [0.2, 0.25) is 0 Å². The van der Waals surface area contributed by atoms with Crippen LogP contribution < -0.4 is 10.0 Å². The second-order valence-electron chi connectivity index (χ2n) is 6.34. The van der Waals surface area contributed by atoms with Crippen LogP contribution in [-0.4, -0.2) is 56.1 Å². The van der Waals surface area contributed by atoms with E-state index in [1.165, 1.54) is 11.3 Å². The summed E-state index contributed by atoms with van der Waals surface area (Å²) in [6, 6.07) is 2.73. The molecule has 7 nitrogen and oxygen atoms in total. The van der Waals surface area contributed by atoms with E-state index in [1.807, 2.05) is 6.92 Å². The molecular formula is C16H24BrN3O4S2. The first-order chi connectivity index (χ1) is 12.2. The number of carbonyl (C=O) groups is 2. The molecule has 2 heterocycles. The van der Waals surface area contributed by atoms with E-state index >= 15 is 0 Å². The average Bonchev–Trinajstić information content (AvgIpc) is 3.01. The summed E-state index contributed by atoms with van der Waals surface area (Å²) in [6.45, 7) is 4.44. The molecule has 0 aliphatic carbocycles. The quantitative estimate of drug-likeness (QED) is 0.642. The monoisotopic (exact) mass is 465 g/mol. The largest absolute Gasteiger partial charge is 0.341 e. The fourth-order valence-corrected chi connectivity index (χ4v) is 5.53. The topological polar surface area (TPSA) is 95.6 Å². The van der Waals surface area contributed by atoms with Gasteiger partial charge in [-0.15, -0.1) is 11.3 Å². The van der Waals surface area contributed by atoms with Gasteiger partial charge in [-0.1, -0.05) is 6.92 Å². The lowest BCUT2D eigenvalue weighted by molar-refractivity contribution is -0.133. The van der Waals surface area contributed by atoms with Gasteiger partial charge < -0.3 is 10.2 Å². The van der Waals surface area contributed by atoms with Crippen LogP contribution in [0.4, 0.5) is 0 Å². The Morgan fingerprint density at radius 2 is 2.00 bits per heavy atom. The molecule has 0 spiro atoms. The number of hydrogen-bond donors (Lipinski definition) is 2. The molecule has 0 radical (unpaired) electrons. The Kier molecular flexibility index (Phi) is 7.63. The lowest BCUT2D eigenvalue weighted by Crippen LogP contribution is -2.52. The number of nitrogens with zero attached hydrogens (tertiary/aromatic N) is 1. The average molecular weight is 466 g/mol. The molecule has 1 saturated heterocycles. The number of carbonyl (C=O) groups excluding carboxylic acids is 2. The van der Waals surface area contributed by atoms with Crippen LogP contribution in [0.1, 0.15) is 42.8 Å². The van der Waals surface area contributed by atoms with Gasteiger partial charge in [-0.25, -0.2) is 13.1 Å². The Bertz CT molecular complexity index is 742. The zero-order valence-corrected chi connectivity index (χ0v) is 18.0. The molecule has 2 N–H and O–H groups in total. The van der Waals surface area contributed by atoms with Crippen LogP contribution in [0.25, 0.3) is 0 Å². The summed E-state index contributed by atoms with van der Waals surface area (Å²) in [5.74, 6) is -0.304. The number of nitrogens with one attached hydrogen (secondary N) is 2. The molecule has 1 atom stereocenters. The summed E-state index contributed by atoms with van der Waals surface area (Å²) in [7, 11) is -3.24. The van der Waals surface area contributed by atoms with Gasteiger partial charge in [0, 0.05) is 19.1 Å². The van der Waals surface area contributed by atoms with Gasteiger partial charge in [0.2, 0.25) is 15.9 Å².